The second kappa shape index (κ2) is 6.38. The van der Waals surface area contributed by atoms with E-state index in [0.717, 1.165) is 16.5 Å². The zero-order valence-electron chi connectivity index (χ0n) is 11.3. The van der Waals surface area contributed by atoms with Crippen molar-refractivity contribution in [2.75, 3.05) is 24.7 Å². The van der Waals surface area contributed by atoms with Crippen LogP contribution in [0.3, 0.4) is 0 Å². The maximum absolute atomic E-state index is 4.36. The SMILES string of the molecule is CCSc1nncn1/N=C/c1ccc(N(C)C)cc1. The molecule has 0 bridgehead atoms. The summed E-state index contributed by atoms with van der Waals surface area (Å²) in [7, 11) is 4.04. The van der Waals surface area contributed by atoms with E-state index in [0.29, 0.717) is 0 Å². The van der Waals surface area contributed by atoms with Gasteiger partial charge in [0.25, 0.3) is 0 Å². The van der Waals surface area contributed by atoms with Crippen LogP contribution in [0.1, 0.15) is 12.5 Å². The fraction of sp³-hybridized carbons (Fsp3) is 0.308. The van der Waals surface area contributed by atoms with Gasteiger partial charge in [0.05, 0.1) is 6.21 Å². The second-order valence-corrected chi connectivity index (χ2v) is 5.35. The van der Waals surface area contributed by atoms with Crippen LogP contribution in [0.4, 0.5) is 5.69 Å². The fourth-order valence-corrected chi connectivity index (χ4v) is 2.10. The number of hydrogen-bond donors (Lipinski definition) is 0. The van der Waals surface area contributed by atoms with Crippen molar-refractivity contribution in [3.8, 4) is 0 Å². The molecule has 0 spiro atoms. The van der Waals surface area contributed by atoms with Gasteiger partial charge in [-0.05, 0) is 23.4 Å². The molecule has 2 rings (SSSR count). The van der Waals surface area contributed by atoms with Gasteiger partial charge in [-0.1, -0.05) is 30.8 Å². The van der Waals surface area contributed by atoms with Crippen LogP contribution >= 0.6 is 11.8 Å². The van der Waals surface area contributed by atoms with Crippen molar-refractivity contribution in [1.82, 2.24) is 14.9 Å². The molecule has 0 aliphatic heterocycles. The van der Waals surface area contributed by atoms with E-state index in [1.807, 2.05) is 32.4 Å². The quantitative estimate of drug-likeness (QED) is 0.620. The molecule has 0 N–H and O–H groups in total. The molecule has 100 valence electrons. The Hall–Kier alpha value is -1.82. The van der Waals surface area contributed by atoms with E-state index in [1.165, 1.54) is 5.69 Å². The lowest BCUT2D eigenvalue weighted by Crippen LogP contribution is -2.08. The molecule has 5 nitrogen and oxygen atoms in total. The maximum atomic E-state index is 4.36. The van der Waals surface area contributed by atoms with Crippen molar-refractivity contribution >= 4 is 23.7 Å². The Morgan fingerprint density at radius 1 is 1.32 bits per heavy atom. The van der Waals surface area contributed by atoms with Gasteiger partial charge in [-0.15, -0.1) is 10.2 Å². The predicted octanol–water partition coefficient (Wildman–Crippen LogP) is 2.34. The molecule has 0 atom stereocenters. The minimum Gasteiger partial charge on any atom is -0.378 e. The molecule has 0 unspecified atom stereocenters. The summed E-state index contributed by atoms with van der Waals surface area (Å²) in [5, 5.41) is 13.0. The Bertz CT molecular complexity index is 544. The van der Waals surface area contributed by atoms with Crippen molar-refractivity contribution in [3.63, 3.8) is 0 Å². The Labute approximate surface area is 117 Å². The number of hydrogen-bond acceptors (Lipinski definition) is 5. The zero-order chi connectivity index (χ0) is 13.7. The van der Waals surface area contributed by atoms with Gasteiger partial charge in [0, 0.05) is 19.8 Å². The molecule has 2 aromatic rings. The highest BCUT2D eigenvalue weighted by atomic mass is 32.2. The van der Waals surface area contributed by atoms with Gasteiger partial charge >= 0.3 is 0 Å². The van der Waals surface area contributed by atoms with E-state index in [2.05, 4.69) is 39.3 Å². The van der Waals surface area contributed by atoms with E-state index >= 15 is 0 Å². The van der Waals surface area contributed by atoms with Crippen LogP contribution in [-0.4, -0.2) is 40.9 Å². The number of nitrogens with zero attached hydrogens (tertiary/aromatic N) is 5. The molecule has 0 fully saturated rings. The van der Waals surface area contributed by atoms with Gasteiger partial charge in [-0.2, -0.15) is 9.78 Å². The van der Waals surface area contributed by atoms with Crippen molar-refractivity contribution in [2.45, 2.75) is 12.1 Å². The van der Waals surface area contributed by atoms with Crippen LogP contribution < -0.4 is 4.90 Å². The maximum Gasteiger partial charge on any atom is 0.211 e. The molecule has 19 heavy (non-hydrogen) atoms. The topological polar surface area (TPSA) is 46.3 Å². The van der Waals surface area contributed by atoms with Gasteiger partial charge in [0.2, 0.25) is 5.16 Å². The highest BCUT2D eigenvalue weighted by Crippen LogP contribution is 2.14. The molecule has 1 aromatic carbocycles. The van der Waals surface area contributed by atoms with Gasteiger partial charge in [0.1, 0.15) is 6.33 Å². The van der Waals surface area contributed by atoms with E-state index < -0.39 is 0 Å². The molecule has 0 saturated carbocycles. The molecule has 1 aromatic heterocycles. The van der Waals surface area contributed by atoms with E-state index in [-0.39, 0.29) is 0 Å². The van der Waals surface area contributed by atoms with Crippen molar-refractivity contribution in [2.24, 2.45) is 5.10 Å². The summed E-state index contributed by atoms with van der Waals surface area (Å²) in [5.74, 6) is 0.950. The first kappa shape index (κ1) is 13.6. The number of thioether (sulfide) groups is 1. The van der Waals surface area contributed by atoms with Crippen LogP contribution in [0.5, 0.6) is 0 Å². The van der Waals surface area contributed by atoms with E-state index in [1.54, 1.807) is 22.8 Å². The average Bonchev–Trinajstić information content (AvgIpc) is 2.85. The number of aromatic nitrogens is 3. The highest BCUT2D eigenvalue weighted by Gasteiger charge is 2.01. The first-order valence-electron chi connectivity index (χ1n) is 6.05. The minimum atomic E-state index is 0.809. The smallest absolute Gasteiger partial charge is 0.211 e. The molecule has 0 aliphatic carbocycles. The normalized spacial score (nSPS) is 11.1. The Morgan fingerprint density at radius 3 is 2.68 bits per heavy atom. The Kier molecular flexibility index (Phi) is 4.57. The molecule has 6 heteroatoms. The van der Waals surface area contributed by atoms with Gasteiger partial charge in [-0.3, -0.25) is 0 Å². The molecule has 1 heterocycles. The lowest BCUT2D eigenvalue weighted by Gasteiger charge is -2.11. The van der Waals surface area contributed by atoms with Crippen molar-refractivity contribution < 1.29 is 0 Å². The lowest BCUT2D eigenvalue weighted by atomic mass is 10.2. The lowest BCUT2D eigenvalue weighted by molar-refractivity contribution is 0.767. The molecular formula is C13H17N5S. The first-order valence-corrected chi connectivity index (χ1v) is 7.04. The van der Waals surface area contributed by atoms with Crippen molar-refractivity contribution in [1.29, 1.82) is 0 Å². The van der Waals surface area contributed by atoms with Crippen LogP contribution in [-0.2, 0) is 0 Å². The predicted molar refractivity (Wildman–Crippen MR) is 80.2 cm³/mol. The summed E-state index contributed by atoms with van der Waals surface area (Å²) in [6.45, 7) is 2.08. The van der Waals surface area contributed by atoms with Crippen LogP contribution in [0, 0.1) is 0 Å². The highest BCUT2D eigenvalue weighted by molar-refractivity contribution is 7.99. The van der Waals surface area contributed by atoms with E-state index in [9.17, 15) is 0 Å². The molecule has 0 saturated heterocycles. The number of anilines is 1. The third-order valence-electron chi connectivity index (χ3n) is 2.51. The van der Waals surface area contributed by atoms with E-state index in [4.69, 9.17) is 0 Å². The zero-order valence-corrected chi connectivity index (χ0v) is 12.1. The Balaban J connectivity index is 2.11. The van der Waals surface area contributed by atoms with Crippen LogP contribution in [0.15, 0.2) is 40.9 Å². The van der Waals surface area contributed by atoms with Crippen molar-refractivity contribution in [3.05, 3.63) is 36.2 Å². The van der Waals surface area contributed by atoms with Gasteiger partial charge in [0.15, 0.2) is 0 Å². The van der Waals surface area contributed by atoms with Crippen LogP contribution in [0.25, 0.3) is 0 Å². The third kappa shape index (κ3) is 3.57. The largest absolute Gasteiger partial charge is 0.378 e. The second-order valence-electron chi connectivity index (χ2n) is 4.12. The van der Waals surface area contributed by atoms with Gasteiger partial charge < -0.3 is 4.90 Å². The summed E-state index contributed by atoms with van der Waals surface area (Å²) < 4.78 is 1.69. The summed E-state index contributed by atoms with van der Waals surface area (Å²) in [6.07, 6.45) is 3.42. The standard InChI is InChI=1S/C13H17N5S/c1-4-19-13-16-14-10-18(13)15-9-11-5-7-12(8-6-11)17(2)3/h5-10H,4H2,1-3H3/b15-9+. The number of rotatable bonds is 5. The number of benzene rings is 1. The molecular weight excluding hydrogens is 258 g/mol. The summed E-state index contributed by atoms with van der Waals surface area (Å²) in [5.41, 5.74) is 2.22. The minimum absolute atomic E-state index is 0.809. The van der Waals surface area contributed by atoms with Crippen LogP contribution in [0.2, 0.25) is 0 Å². The third-order valence-corrected chi connectivity index (χ3v) is 3.33. The fourth-order valence-electron chi connectivity index (χ4n) is 1.51. The summed E-state index contributed by atoms with van der Waals surface area (Å²) in [4.78, 5) is 2.07. The summed E-state index contributed by atoms with van der Waals surface area (Å²) in [6, 6.07) is 8.20. The monoisotopic (exact) mass is 275 g/mol. The first-order chi connectivity index (χ1) is 9.20. The molecule has 0 radical (unpaired) electrons. The summed E-state index contributed by atoms with van der Waals surface area (Å²) >= 11 is 1.62. The average molecular weight is 275 g/mol. The van der Waals surface area contributed by atoms with Gasteiger partial charge in [-0.25, -0.2) is 0 Å². The molecule has 0 amide bonds. The Morgan fingerprint density at radius 2 is 2.05 bits per heavy atom. The molecule has 0 aliphatic rings.